The predicted octanol–water partition coefficient (Wildman–Crippen LogP) is 6.89. The van der Waals surface area contributed by atoms with E-state index in [0.29, 0.717) is 20.2 Å². The van der Waals surface area contributed by atoms with E-state index >= 15 is 0 Å². The Labute approximate surface area is 198 Å². The zero-order valence-electron chi connectivity index (χ0n) is 15.8. The topological polar surface area (TPSA) is 109 Å². The summed E-state index contributed by atoms with van der Waals surface area (Å²) in [4.78, 5) is 23.1. The molecule has 0 fully saturated rings. The van der Waals surface area contributed by atoms with Gasteiger partial charge in [-0.2, -0.15) is 5.26 Å². The minimum atomic E-state index is -0.626. The average molecular weight is 566 g/mol. The summed E-state index contributed by atoms with van der Waals surface area (Å²) in [5.41, 5.74) is 1.46. The molecule has 0 bridgehead atoms. The lowest BCUT2D eigenvalue weighted by molar-refractivity contribution is -0.384. The number of nitro groups is 1. The van der Waals surface area contributed by atoms with E-state index in [4.69, 9.17) is 16.0 Å². The van der Waals surface area contributed by atoms with E-state index in [9.17, 15) is 20.2 Å². The zero-order chi connectivity index (χ0) is 22.7. The molecule has 0 saturated carbocycles. The van der Waals surface area contributed by atoms with E-state index < -0.39 is 10.8 Å². The highest BCUT2D eigenvalue weighted by Crippen LogP contribution is 2.34. The number of carbonyl (C=O) groups excluding carboxylic acids is 1. The Morgan fingerprint density at radius 1 is 1.23 bits per heavy atom. The summed E-state index contributed by atoms with van der Waals surface area (Å²) in [7, 11) is 0. The Morgan fingerprint density at radius 3 is 2.52 bits per heavy atom. The summed E-state index contributed by atoms with van der Waals surface area (Å²) in [6.45, 7) is 1.91. The molecule has 156 valence electrons. The smallest absolute Gasteiger partial charge is 0.270 e. The van der Waals surface area contributed by atoms with Gasteiger partial charge in [-0.25, -0.2) is 0 Å². The number of hydrogen-bond donors (Lipinski definition) is 1. The van der Waals surface area contributed by atoms with Gasteiger partial charge < -0.3 is 9.73 Å². The van der Waals surface area contributed by atoms with Gasteiger partial charge in [0.15, 0.2) is 0 Å². The Bertz CT molecular complexity index is 1250. The summed E-state index contributed by atoms with van der Waals surface area (Å²) < 4.78 is 6.96. The molecule has 1 heterocycles. The third kappa shape index (κ3) is 5.22. The van der Waals surface area contributed by atoms with Crippen LogP contribution in [-0.2, 0) is 4.79 Å². The molecule has 10 heteroatoms. The van der Waals surface area contributed by atoms with Gasteiger partial charge in [0.25, 0.3) is 11.6 Å². The van der Waals surface area contributed by atoms with Crippen molar-refractivity contribution in [3.63, 3.8) is 0 Å². The van der Waals surface area contributed by atoms with Gasteiger partial charge in [-0.05, 0) is 74.7 Å². The van der Waals surface area contributed by atoms with Crippen molar-refractivity contribution in [2.75, 3.05) is 5.32 Å². The highest BCUT2D eigenvalue weighted by molar-refractivity contribution is 9.11. The minimum absolute atomic E-state index is 0.140. The summed E-state index contributed by atoms with van der Waals surface area (Å²) in [6.07, 6.45) is 1.28. The summed E-state index contributed by atoms with van der Waals surface area (Å²) >= 11 is 12.9. The second-order valence-corrected chi connectivity index (χ2v) is 8.47. The largest absolute Gasteiger partial charge is 0.457 e. The summed E-state index contributed by atoms with van der Waals surface area (Å²) in [5, 5.41) is 23.4. The number of hydrogen-bond acceptors (Lipinski definition) is 5. The van der Waals surface area contributed by atoms with Gasteiger partial charge in [0.05, 0.1) is 15.6 Å². The molecule has 31 heavy (non-hydrogen) atoms. The molecule has 3 rings (SSSR count). The number of nitrogens with one attached hydrogen (secondary N) is 1. The minimum Gasteiger partial charge on any atom is -0.457 e. The predicted molar refractivity (Wildman–Crippen MR) is 125 cm³/mol. The number of halogens is 3. The molecular weight excluding hydrogens is 554 g/mol. The van der Waals surface area contributed by atoms with E-state index in [1.165, 1.54) is 30.3 Å². The summed E-state index contributed by atoms with van der Waals surface area (Å²) in [5.74, 6) is -0.146. The van der Waals surface area contributed by atoms with Gasteiger partial charge in [-0.15, -0.1) is 0 Å². The Balaban J connectivity index is 1.89. The number of nitro benzene ring substituents is 1. The first kappa shape index (κ1) is 22.7. The van der Waals surface area contributed by atoms with Crippen LogP contribution in [0.5, 0.6) is 0 Å². The first-order chi connectivity index (χ1) is 14.7. The molecule has 1 aromatic heterocycles. The van der Waals surface area contributed by atoms with Gasteiger partial charge >= 0.3 is 0 Å². The third-order valence-electron chi connectivity index (χ3n) is 4.13. The first-order valence-electron chi connectivity index (χ1n) is 8.62. The van der Waals surface area contributed by atoms with Gasteiger partial charge in [0.1, 0.15) is 23.2 Å². The van der Waals surface area contributed by atoms with E-state index in [1.807, 2.05) is 25.1 Å². The van der Waals surface area contributed by atoms with Crippen LogP contribution < -0.4 is 5.32 Å². The molecule has 7 nitrogen and oxygen atoms in total. The molecule has 0 atom stereocenters. The number of non-ortho nitro benzene ring substituents is 1. The van der Waals surface area contributed by atoms with Crippen molar-refractivity contribution in [1.82, 2.24) is 0 Å². The fraction of sp³-hybridized carbons (Fsp3) is 0.0476. The Hall–Kier alpha value is -2.93. The van der Waals surface area contributed by atoms with Crippen LogP contribution in [0.25, 0.3) is 17.4 Å². The first-order valence-corrected chi connectivity index (χ1v) is 10.6. The van der Waals surface area contributed by atoms with Crippen molar-refractivity contribution >= 4 is 66.8 Å². The van der Waals surface area contributed by atoms with Crippen LogP contribution in [0.3, 0.4) is 0 Å². The van der Waals surface area contributed by atoms with E-state index in [1.54, 1.807) is 6.07 Å². The number of nitriles is 1. The second kappa shape index (κ2) is 9.47. The van der Waals surface area contributed by atoms with Crippen molar-refractivity contribution < 1.29 is 14.1 Å². The molecule has 1 N–H and O–H groups in total. The van der Waals surface area contributed by atoms with Crippen LogP contribution in [0.4, 0.5) is 11.4 Å². The number of anilines is 1. The Morgan fingerprint density at radius 2 is 1.90 bits per heavy atom. The van der Waals surface area contributed by atoms with Crippen molar-refractivity contribution in [2.24, 2.45) is 0 Å². The number of furan rings is 1. The summed E-state index contributed by atoms with van der Waals surface area (Å²) in [6, 6.07) is 12.6. The average Bonchev–Trinajstić information content (AvgIpc) is 3.17. The van der Waals surface area contributed by atoms with Crippen LogP contribution >= 0.6 is 43.5 Å². The van der Waals surface area contributed by atoms with Crippen molar-refractivity contribution in [3.05, 3.63) is 83.4 Å². The molecule has 2 aromatic carbocycles. The quantitative estimate of drug-likeness (QED) is 0.157. The lowest BCUT2D eigenvalue weighted by Gasteiger charge is -2.10. The maximum atomic E-state index is 12.6. The third-order valence-corrected chi connectivity index (χ3v) is 5.71. The molecule has 0 aliphatic heterocycles. The zero-order valence-corrected chi connectivity index (χ0v) is 19.7. The van der Waals surface area contributed by atoms with Gasteiger partial charge in [-0.3, -0.25) is 14.9 Å². The molecule has 0 spiro atoms. The van der Waals surface area contributed by atoms with Crippen LogP contribution in [0.1, 0.15) is 11.3 Å². The van der Waals surface area contributed by atoms with Crippen molar-refractivity contribution in [1.29, 1.82) is 5.26 Å². The molecule has 3 aromatic rings. The highest BCUT2D eigenvalue weighted by Gasteiger charge is 2.17. The Kier molecular flexibility index (Phi) is 6.95. The lowest BCUT2D eigenvalue weighted by Crippen LogP contribution is -2.14. The number of benzene rings is 2. The number of nitrogens with zero attached hydrogens (tertiary/aromatic N) is 2. The normalized spacial score (nSPS) is 11.1. The van der Waals surface area contributed by atoms with Crippen molar-refractivity contribution in [3.8, 4) is 17.4 Å². The van der Waals surface area contributed by atoms with Gasteiger partial charge in [0.2, 0.25) is 0 Å². The molecule has 0 aliphatic rings. The number of rotatable bonds is 5. The highest BCUT2D eigenvalue weighted by atomic mass is 79.9. The number of amides is 1. The molecular formula is C21H12Br2ClN3O4. The monoisotopic (exact) mass is 563 g/mol. The SMILES string of the molecule is Cc1cc(Br)c(NC(=O)/C(C#N)=C/c2ccc(-c3cc([N+](=O)[O-])ccc3Cl)o2)c(Br)c1. The standard InChI is InChI=1S/C21H12Br2ClN3O4/c1-11-6-16(22)20(17(23)7-11)26-21(28)12(10-25)8-14-3-5-19(31-14)15-9-13(27(29)30)2-4-18(15)24/h2-9H,1H3,(H,26,28)/b12-8+. The van der Waals surface area contributed by atoms with Crippen LogP contribution in [0, 0.1) is 28.4 Å². The molecule has 0 radical (unpaired) electrons. The number of aryl methyl sites for hydroxylation is 1. The second-order valence-electron chi connectivity index (χ2n) is 6.35. The fourth-order valence-corrected chi connectivity index (χ4v) is 4.51. The van der Waals surface area contributed by atoms with Crippen molar-refractivity contribution in [2.45, 2.75) is 6.92 Å². The van der Waals surface area contributed by atoms with Gasteiger partial charge in [0, 0.05) is 32.7 Å². The van der Waals surface area contributed by atoms with Crippen LogP contribution in [-0.4, -0.2) is 10.8 Å². The molecule has 0 saturated heterocycles. The molecule has 0 aliphatic carbocycles. The van der Waals surface area contributed by atoms with E-state index in [0.717, 1.165) is 5.56 Å². The molecule has 0 unspecified atom stereocenters. The van der Waals surface area contributed by atoms with Gasteiger partial charge in [-0.1, -0.05) is 11.6 Å². The fourth-order valence-electron chi connectivity index (χ4n) is 2.68. The van der Waals surface area contributed by atoms with Crippen LogP contribution in [0.2, 0.25) is 5.02 Å². The maximum absolute atomic E-state index is 12.6. The lowest BCUT2D eigenvalue weighted by atomic mass is 10.1. The maximum Gasteiger partial charge on any atom is 0.270 e. The van der Waals surface area contributed by atoms with E-state index in [-0.39, 0.29) is 27.8 Å². The van der Waals surface area contributed by atoms with Crippen LogP contribution in [0.15, 0.2) is 61.4 Å². The molecule has 1 amide bonds. The van der Waals surface area contributed by atoms with E-state index in [2.05, 4.69) is 37.2 Å². The number of carbonyl (C=O) groups is 1.